The fourth-order valence-electron chi connectivity index (χ4n) is 1.78. The highest BCUT2D eigenvalue weighted by molar-refractivity contribution is 5.82. The predicted octanol–water partition coefficient (Wildman–Crippen LogP) is 1.19. The predicted molar refractivity (Wildman–Crippen MR) is 83.1 cm³/mol. The lowest BCUT2D eigenvalue weighted by atomic mass is 10.2. The van der Waals surface area contributed by atoms with Crippen molar-refractivity contribution in [2.45, 2.75) is 6.54 Å². The molecule has 2 aromatic rings. The van der Waals surface area contributed by atoms with Gasteiger partial charge in [0.05, 0.1) is 6.21 Å². The van der Waals surface area contributed by atoms with Gasteiger partial charge >= 0.3 is 5.91 Å². The largest absolute Gasteiger partial charge is 0.378 e. The van der Waals surface area contributed by atoms with E-state index in [4.69, 9.17) is 0 Å². The van der Waals surface area contributed by atoms with Gasteiger partial charge in [0, 0.05) is 31.9 Å². The van der Waals surface area contributed by atoms with E-state index in [0.29, 0.717) is 0 Å². The Morgan fingerprint density at radius 2 is 1.86 bits per heavy atom. The van der Waals surface area contributed by atoms with Crippen LogP contribution in [0.15, 0.2) is 60.0 Å². The van der Waals surface area contributed by atoms with Gasteiger partial charge in [0.2, 0.25) is 6.54 Å². The number of hydrazone groups is 1. The normalized spacial score (nSPS) is 10.6. The summed E-state index contributed by atoms with van der Waals surface area (Å²) >= 11 is 0. The number of carbonyl (C=O) groups is 1. The third-order valence-electron chi connectivity index (χ3n) is 2.92. The smallest absolute Gasteiger partial charge is 0.305 e. The van der Waals surface area contributed by atoms with Crippen LogP contribution in [0.25, 0.3) is 0 Å². The summed E-state index contributed by atoms with van der Waals surface area (Å²) in [7, 11) is 3.98. The summed E-state index contributed by atoms with van der Waals surface area (Å²) in [6.07, 6.45) is 5.31. The SMILES string of the molecule is CN(C)c1ccc(/C=N\NC(=O)C[n+]2ccccc2)cc1. The third kappa shape index (κ3) is 4.72. The van der Waals surface area contributed by atoms with E-state index >= 15 is 0 Å². The highest BCUT2D eigenvalue weighted by Gasteiger charge is 2.06. The molecule has 1 N–H and O–H groups in total. The lowest BCUT2D eigenvalue weighted by Gasteiger charge is -2.11. The molecular weight excluding hydrogens is 264 g/mol. The van der Waals surface area contributed by atoms with Crippen LogP contribution in [0, 0.1) is 0 Å². The van der Waals surface area contributed by atoms with Crippen molar-refractivity contribution in [2.24, 2.45) is 5.10 Å². The average molecular weight is 283 g/mol. The maximum atomic E-state index is 11.7. The zero-order valence-electron chi connectivity index (χ0n) is 12.2. The molecule has 0 bridgehead atoms. The second kappa shape index (κ2) is 7.19. The lowest BCUT2D eigenvalue weighted by Crippen LogP contribution is -2.40. The van der Waals surface area contributed by atoms with Gasteiger partial charge in [0.1, 0.15) is 0 Å². The monoisotopic (exact) mass is 283 g/mol. The first-order valence-electron chi connectivity index (χ1n) is 6.68. The molecule has 1 aromatic heterocycles. The second-order valence-electron chi connectivity index (χ2n) is 4.83. The second-order valence-corrected chi connectivity index (χ2v) is 4.83. The maximum absolute atomic E-state index is 11.7. The number of pyridine rings is 1. The van der Waals surface area contributed by atoms with E-state index in [1.54, 1.807) is 10.8 Å². The first-order chi connectivity index (χ1) is 10.1. The Bertz CT molecular complexity index is 606. The highest BCUT2D eigenvalue weighted by atomic mass is 16.2. The van der Waals surface area contributed by atoms with Crippen LogP contribution in [0.3, 0.4) is 0 Å². The van der Waals surface area contributed by atoms with Gasteiger partial charge in [-0.25, -0.2) is 5.43 Å². The number of anilines is 1. The van der Waals surface area contributed by atoms with Gasteiger partial charge in [-0.3, -0.25) is 4.79 Å². The highest BCUT2D eigenvalue weighted by Crippen LogP contribution is 2.10. The molecule has 5 nitrogen and oxygen atoms in total. The number of rotatable bonds is 5. The van der Waals surface area contributed by atoms with E-state index in [-0.39, 0.29) is 12.5 Å². The van der Waals surface area contributed by atoms with Crippen molar-refractivity contribution in [3.63, 3.8) is 0 Å². The van der Waals surface area contributed by atoms with E-state index in [1.165, 1.54) is 0 Å². The molecular formula is C16H19N4O+. The molecule has 0 aliphatic carbocycles. The summed E-state index contributed by atoms with van der Waals surface area (Å²) in [6, 6.07) is 13.6. The van der Waals surface area contributed by atoms with Gasteiger partial charge in [0.15, 0.2) is 12.4 Å². The molecule has 0 unspecified atom stereocenters. The van der Waals surface area contributed by atoms with Gasteiger partial charge in [-0.15, -0.1) is 0 Å². The van der Waals surface area contributed by atoms with Gasteiger partial charge in [-0.05, 0) is 17.7 Å². The number of aromatic nitrogens is 1. The van der Waals surface area contributed by atoms with Gasteiger partial charge in [-0.2, -0.15) is 9.67 Å². The topological polar surface area (TPSA) is 48.6 Å². The Balaban J connectivity index is 1.86. The van der Waals surface area contributed by atoms with Crippen molar-refractivity contribution in [1.29, 1.82) is 0 Å². The molecule has 21 heavy (non-hydrogen) atoms. The van der Waals surface area contributed by atoms with Crippen LogP contribution in [0.5, 0.6) is 0 Å². The van der Waals surface area contributed by atoms with Crippen molar-refractivity contribution < 1.29 is 9.36 Å². The number of carbonyl (C=O) groups excluding carboxylic acids is 1. The number of hydrogen-bond donors (Lipinski definition) is 1. The minimum atomic E-state index is -0.160. The summed E-state index contributed by atoms with van der Waals surface area (Å²) in [5.41, 5.74) is 4.58. The molecule has 108 valence electrons. The molecule has 1 aromatic carbocycles. The average Bonchev–Trinajstić information content (AvgIpc) is 2.49. The van der Waals surface area contributed by atoms with Crippen molar-refractivity contribution >= 4 is 17.8 Å². The van der Waals surface area contributed by atoms with Crippen LogP contribution in [0.1, 0.15) is 5.56 Å². The summed E-state index contributed by atoms with van der Waals surface area (Å²) in [6.45, 7) is 0.248. The summed E-state index contributed by atoms with van der Waals surface area (Å²) in [5.74, 6) is -0.160. The molecule has 0 radical (unpaired) electrons. The third-order valence-corrected chi connectivity index (χ3v) is 2.92. The van der Waals surface area contributed by atoms with Crippen LogP contribution in [0.4, 0.5) is 5.69 Å². The molecule has 5 heteroatoms. The minimum absolute atomic E-state index is 0.160. The van der Waals surface area contributed by atoms with Gasteiger partial charge < -0.3 is 4.90 Å². The summed E-state index contributed by atoms with van der Waals surface area (Å²) < 4.78 is 1.79. The van der Waals surface area contributed by atoms with E-state index in [1.807, 2.05) is 73.9 Å². The molecule has 1 heterocycles. The quantitative estimate of drug-likeness (QED) is 0.509. The van der Waals surface area contributed by atoms with Gasteiger partial charge in [-0.1, -0.05) is 18.2 Å². The summed E-state index contributed by atoms with van der Waals surface area (Å²) in [4.78, 5) is 13.7. The van der Waals surface area contributed by atoms with E-state index in [9.17, 15) is 4.79 Å². The van der Waals surface area contributed by atoms with Crippen molar-refractivity contribution in [2.75, 3.05) is 19.0 Å². The Morgan fingerprint density at radius 1 is 1.19 bits per heavy atom. The molecule has 1 amide bonds. The Kier molecular flexibility index (Phi) is 5.04. The zero-order valence-corrected chi connectivity index (χ0v) is 12.2. The Hall–Kier alpha value is -2.69. The van der Waals surface area contributed by atoms with Crippen LogP contribution < -0.4 is 14.9 Å². The number of amides is 1. The molecule has 2 rings (SSSR count). The molecule has 0 atom stereocenters. The molecule has 0 fully saturated rings. The molecule has 0 aliphatic rings. The first kappa shape index (κ1) is 14.7. The molecule has 0 saturated carbocycles. The first-order valence-corrected chi connectivity index (χ1v) is 6.68. The minimum Gasteiger partial charge on any atom is -0.378 e. The van der Waals surface area contributed by atoms with E-state index in [0.717, 1.165) is 11.3 Å². The zero-order chi connectivity index (χ0) is 15.1. The Labute approximate surface area is 124 Å². The van der Waals surface area contributed by atoms with Crippen LogP contribution in [-0.4, -0.2) is 26.2 Å². The van der Waals surface area contributed by atoms with Crippen LogP contribution in [0.2, 0.25) is 0 Å². The van der Waals surface area contributed by atoms with Gasteiger partial charge in [0.25, 0.3) is 0 Å². The van der Waals surface area contributed by atoms with Crippen molar-refractivity contribution in [1.82, 2.24) is 5.43 Å². The number of nitrogens with zero attached hydrogens (tertiary/aromatic N) is 3. The fourth-order valence-corrected chi connectivity index (χ4v) is 1.78. The fraction of sp³-hybridized carbons (Fsp3) is 0.188. The number of nitrogens with one attached hydrogen (secondary N) is 1. The van der Waals surface area contributed by atoms with Crippen molar-refractivity contribution in [3.05, 3.63) is 60.4 Å². The number of hydrogen-bond acceptors (Lipinski definition) is 3. The number of benzene rings is 1. The standard InChI is InChI=1S/C16H18N4O/c1-19(2)15-8-6-14(7-9-15)12-17-18-16(21)13-20-10-4-3-5-11-20/h3-12H,13H2,1-2H3/p+1/b17-12-. The van der Waals surface area contributed by atoms with Crippen LogP contribution in [-0.2, 0) is 11.3 Å². The van der Waals surface area contributed by atoms with E-state index < -0.39 is 0 Å². The summed E-state index contributed by atoms with van der Waals surface area (Å²) in [5, 5.41) is 3.96. The molecule has 0 saturated heterocycles. The Morgan fingerprint density at radius 3 is 2.48 bits per heavy atom. The van der Waals surface area contributed by atoms with E-state index in [2.05, 4.69) is 10.5 Å². The molecule has 0 spiro atoms. The molecule has 0 aliphatic heterocycles. The maximum Gasteiger partial charge on any atom is 0.305 e. The van der Waals surface area contributed by atoms with Crippen LogP contribution >= 0.6 is 0 Å². The lowest BCUT2D eigenvalue weighted by molar-refractivity contribution is -0.684. The van der Waals surface area contributed by atoms with Crippen molar-refractivity contribution in [3.8, 4) is 0 Å².